The lowest BCUT2D eigenvalue weighted by Gasteiger charge is -1.88. The minimum atomic E-state index is -1.41. The Labute approximate surface area is 134 Å². The molecule has 0 amide bonds. The fourth-order valence-electron chi connectivity index (χ4n) is 0.737. The molecule has 0 unspecified atom stereocenters. The van der Waals surface area contributed by atoms with Crippen molar-refractivity contribution in [2.75, 3.05) is 0 Å². The second-order valence-electron chi connectivity index (χ2n) is 3.11. The molecule has 0 aliphatic heterocycles. The van der Waals surface area contributed by atoms with Crippen LogP contribution < -0.4 is 21.5 Å². The Hall–Kier alpha value is -4.67. The lowest BCUT2D eigenvalue weighted by Crippen LogP contribution is -2.23. The fraction of sp³-hybridized carbons (Fsp3) is 0. The van der Waals surface area contributed by atoms with E-state index in [0.717, 1.165) is 0 Å². The largest absolute Gasteiger partial charge is 3.00 e. The normalized spacial score (nSPS) is 8.64. The maximum absolute atomic E-state index is 9.78. The van der Waals surface area contributed by atoms with Crippen molar-refractivity contribution >= 4 is 17.9 Å². The van der Waals surface area contributed by atoms with Crippen LogP contribution in [0.3, 0.4) is 0 Å². The van der Waals surface area contributed by atoms with Crippen LogP contribution in [0.15, 0.2) is 0 Å². The van der Waals surface area contributed by atoms with Gasteiger partial charge in [0.2, 0.25) is 0 Å². The van der Waals surface area contributed by atoms with Gasteiger partial charge in [-0.3, -0.25) is 0 Å². The van der Waals surface area contributed by atoms with Gasteiger partial charge < -0.3 is 29.7 Å². The van der Waals surface area contributed by atoms with Crippen LogP contribution >= 0.6 is 0 Å². The molecule has 0 bridgehead atoms. The summed E-state index contributed by atoms with van der Waals surface area (Å²) in [5.74, 6) is -5.29. The van der Waals surface area contributed by atoms with Crippen LogP contribution in [0.2, 0.25) is 0 Å². The summed E-state index contributed by atoms with van der Waals surface area (Å²) in [4.78, 5) is 29.3. The van der Waals surface area contributed by atoms with E-state index >= 15 is 0 Å². The van der Waals surface area contributed by atoms with Crippen LogP contribution in [0.1, 0.15) is 31.9 Å². The lowest BCUT2D eigenvalue weighted by molar-refractivity contribution is -0.257. The van der Waals surface area contributed by atoms with Gasteiger partial charge in [0.05, 0.1) is 0 Å². The molecule has 0 aliphatic rings. The number of carboxylic acid groups (broad SMARTS) is 3. The van der Waals surface area contributed by atoms with Gasteiger partial charge in [0.25, 0.3) is 0 Å². The third-order valence-corrected chi connectivity index (χ3v) is 1.62. The van der Waals surface area contributed by atoms with E-state index in [1.807, 2.05) is 15.3 Å². The molecule has 3 aromatic heterocycles. The van der Waals surface area contributed by atoms with E-state index in [9.17, 15) is 29.7 Å². The first-order chi connectivity index (χ1) is 11.4. The van der Waals surface area contributed by atoms with E-state index in [1.54, 1.807) is 0 Å². The Morgan fingerprint density at radius 2 is 0.840 bits per heavy atom. The smallest absolute Gasteiger partial charge is 0.541 e. The summed E-state index contributed by atoms with van der Waals surface area (Å²) in [6.07, 6.45) is 0. The molecule has 3 heterocycles. The Morgan fingerprint density at radius 1 is 0.600 bits per heavy atom. The number of aromatic nitrogens is 12. The number of hydrogen-bond acceptors (Lipinski definition) is 15. The Bertz CT molecular complexity index is 646. The van der Waals surface area contributed by atoms with Gasteiger partial charge in [0, 0.05) is 0 Å². The van der Waals surface area contributed by atoms with Gasteiger partial charge in [-0.25, -0.2) is 15.3 Å². The average Bonchev–Trinajstić information content (AvgIpc) is 3.29. The number of carbonyl (C=O) groups excluding carboxylic acids is 3. The van der Waals surface area contributed by atoms with E-state index in [2.05, 4.69) is 46.6 Å². The van der Waals surface area contributed by atoms with Crippen molar-refractivity contribution in [3.8, 4) is 0 Å². The Kier molecular flexibility index (Phi) is 8.23. The molecule has 0 spiro atoms. The van der Waals surface area contributed by atoms with Crippen LogP contribution in [-0.2, 0) is 0 Å². The van der Waals surface area contributed by atoms with Crippen LogP contribution in [0.4, 0.5) is 0 Å². The van der Waals surface area contributed by atoms with Crippen LogP contribution in [0, 0.1) is 0 Å². The third kappa shape index (κ3) is 7.23. The molecule has 128 valence electrons. The maximum Gasteiger partial charge on any atom is 3.00 e. The summed E-state index contributed by atoms with van der Waals surface area (Å²) >= 11 is 0. The summed E-state index contributed by atoms with van der Waals surface area (Å²) < 4.78 is 0. The highest BCUT2D eigenvalue weighted by atomic mass is 16.4. The maximum atomic E-state index is 9.78. The number of aromatic amines is 3. The van der Waals surface area contributed by atoms with Gasteiger partial charge in [0.1, 0.15) is 17.9 Å². The molecule has 3 aromatic rings. The van der Waals surface area contributed by atoms with Crippen LogP contribution in [0.5, 0.6) is 0 Å². The molecule has 0 saturated heterocycles. The van der Waals surface area contributed by atoms with E-state index in [-0.39, 0.29) is 23.6 Å². The quantitative estimate of drug-likeness (QED) is 0.393. The zero-order valence-corrected chi connectivity index (χ0v) is 11.4. The van der Waals surface area contributed by atoms with Crippen molar-refractivity contribution in [1.29, 1.82) is 0 Å². The lowest BCUT2D eigenvalue weighted by atomic mass is 10.7. The van der Waals surface area contributed by atoms with Crippen LogP contribution in [-0.4, -0.2) is 79.8 Å². The zero-order chi connectivity index (χ0) is 17.9. The molecule has 0 aliphatic carbocycles. The molecule has 0 aromatic carbocycles. The van der Waals surface area contributed by atoms with E-state index in [0.29, 0.717) is 0 Å². The first kappa shape index (κ1) is 20.3. The van der Waals surface area contributed by atoms with E-state index in [4.69, 9.17) is 0 Å². The predicted molar refractivity (Wildman–Crippen MR) is 57.7 cm³/mol. The van der Waals surface area contributed by atoms with Gasteiger partial charge in [0.15, 0.2) is 17.5 Å². The number of carboxylic acids is 3. The minimum absolute atomic E-state index is 0. The molecule has 0 saturated carbocycles. The number of nitrogens with zero attached hydrogens (tertiary/aromatic N) is 10. The van der Waals surface area contributed by atoms with Gasteiger partial charge >= 0.3 is 6.15 Å². The SMILES string of the molecule is O=C([O-])c1nnn[nH]1.O=C([O-])c1nnn[nH]1.O=C([O-])c1nnn[nH]1.[N+3]. The molecule has 3 N–H and O–H groups in total. The number of tetrazole rings is 3. The van der Waals surface area contributed by atoms with Gasteiger partial charge in [-0.2, -0.15) is 0 Å². The standard InChI is InChI=1S/3C2H2N4O2.N/c3*7-2(8)1-3-5-6-4-1;/h3*(H,7,8)(H,3,4,5,6);/q;;;+3/p-3. The predicted octanol–water partition coefficient (Wildman–Crippen LogP) is -7.79. The molecular weight excluding hydrogens is 350 g/mol. The topological polar surface area (TPSA) is 314 Å². The third-order valence-electron chi connectivity index (χ3n) is 1.62. The van der Waals surface area contributed by atoms with E-state index in [1.165, 1.54) is 0 Å². The van der Waals surface area contributed by atoms with Crippen molar-refractivity contribution < 1.29 is 29.7 Å². The van der Waals surface area contributed by atoms with Gasteiger partial charge in [-0.05, 0) is 31.3 Å². The van der Waals surface area contributed by atoms with Crippen molar-refractivity contribution in [2.45, 2.75) is 0 Å². The van der Waals surface area contributed by atoms with Crippen molar-refractivity contribution in [3.05, 3.63) is 17.5 Å². The molecule has 2 radical (unpaired) electrons. The number of H-pyrrole nitrogens is 3. The summed E-state index contributed by atoms with van der Waals surface area (Å²) in [7, 11) is 0. The number of rotatable bonds is 3. The monoisotopic (exact) mass is 353 g/mol. The molecule has 3 rings (SSSR count). The van der Waals surface area contributed by atoms with Crippen molar-refractivity contribution in [1.82, 2.24) is 68.0 Å². The summed E-state index contributed by atoms with van der Waals surface area (Å²) in [6, 6.07) is 0. The highest BCUT2D eigenvalue weighted by molar-refractivity contribution is 5.81. The zero-order valence-electron chi connectivity index (χ0n) is 11.4. The Balaban J connectivity index is 0.000000339. The number of aromatic carboxylic acids is 3. The minimum Gasteiger partial charge on any atom is -0.541 e. The molecule has 25 heavy (non-hydrogen) atoms. The highest BCUT2D eigenvalue weighted by Crippen LogP contribution is 1.75. The first-order valence-corrected chi connectivity index (χ1v) is 5.27. The number of hydrogen-bond donors (Lipinski definition) is 3. The average molecular weight is 353 g/mol. The highest BCUT2D eigenvalue weighted by Gasteiger charge is 3.00. The second-order valence-corrected chi connectivity index (χ2v) is 3.11. The number of nitrogens with one attached hydrogen (secondary N) is 3. The number of carbonyl (C=O) groups is 3. The van der Waals surface area contributed by atoms with Gasteiger partial charge in [-0.1, -0.05) is 0 Å². The molecule has 0 fully saturated rings. The molecule has 19 nitrogen and oxygen atoms in total. The Morgan fingerprint density at radius 3 is 0.920 bits per heavy atom. The molecular formula is C6H3N13O6. The van der Waals surface area contributed by atoms with Crippen molar-refractivity contribution in [2.24, 2.45) is 0 Å². The molecule has 19 heteroatoms. The van der Waals surface area contributed by atoms with Crippen molar-refractivity contribution in [3.63, 3.8) is 0 Å². The molecule has 0 atom stereocenters. The fourth-order valence-corrected chi connectivity index (χ4v) is 0.737. The van der Waals surface area contributed by atoms with Gasteiger partial charge in [-0.15, -0.1) is 15.3 Å². The van der Waals surface area contributed by atoms with E-state index < -0.39 is 17.9 Å². The summed E-state index contributed by atoms with van der Waals surface area (Å²) in [5, 5.41) is 62.5. The van der Waals surface area contributed by atoms with Crippen LogP contribution in [0.25, 0.3) is 0 Å². The summed E-state index contributed by atoms with van der Waals surface area (Å²) in [5.41, 5.74) is 0. The second kappa shape index (κ2) is 10.1. The first-order valence-electron chi connectivity index (χ1n) is 5.27. The summed E-state index contributed by atoms with van der Waals surface area (Å²) in [6.45, 7) is 0.